The molecule has 0 saturated carbocycles. The Hall–Kier alpha value is -1.36. The smallest absolute Gasteiger partial charge is 0.241 e. The van der Waals surface area contributed by atoms with Gasteiger partial charge in [-0.3, -0.25) is 9.48 Å². The number of aryl methyl sites for hydroxylation is 1. The van der Waals surface area contributed by atoms with E-state index in [0.29, 0.717) is 0 Å². The van der Waals surface area contributed by atoms with Crippen LogP contribution < -0.4 is 10.6 Å². The molecule has 0 spiro atoms. The molecule has 5 nitrogen and oxygen atoms in total. The lowest BCUT2D eigenvalue weighted by atomic mass is 10.2. The Bertz CT molecular complexity index is 365. The molecule has 0 aliphatic carbocycles. The van der Waals surface area contributed by atoms with E-state index in [0.717, 1.165) is 30.8 Å². The standard InChI is InChI=1S/C10H16N4O/c1-7-9(6-12-14(7)2)13-10(15)8-4-3-5-11-8/h6,8,11H,3-5H2,1-2H3,(H,13,15)/t8-/m0/s1. The molecule has 1 amide bonds. The number of hydrogen-bond acceptors (Lipinski definition) is 3. The molecule has 1 aromatic rings. The molecule has 0 unspecified atom stereocenters. The zero-order chi connectivity index (χ0) is 10.8. The molecule has 1 atom stereocenters. The Morgan fingerprint density at radius 1 is 1.73 bits per heavy atom. The first-order chi connectivity index (χ1) is 7.18. The fourth-order valence-corrected chi connectivity index (χ4v) is 1.75. The summed E-state index contributed by atoms with van der Waals surface area (Å²) in [5, 5.41) is 10.1. The highest BCUT2D eigenvalue weighted by Crippen LogP contribution is 2.14. The predicted octanol–water partition coefficient (Wildman–Crippen LogP) is 0.419. The van der Waals surface area contributed by atoms with Crippen molar-refractivity contribution in [1.29, 1.82) is 0 Å². The second-order valence-electron chi connectivity index (χ2n) is 3.91. The maximum absolute atomic E-state index is 11.8. The van der Waals surface area contributed by atoms with Crippen molar-refractivity contribution in [2.75, 3.05) is 11.9 Å². The molecule has 1 aliphatic heterocycles. The van der Waals surface area contributed by atoms with Gasteiger partial charge in [-0.2, -0.15) is 5.10 Å². The number of aromatic nitrogens is 2. The lowest BCUT2D eigenvalue weighted by molar-refractivity contribution is -0.117. The van der Waals surface area contributed by atoms with E-state index in [2.05, 4.69) is 15.7 Å². The Morgan fingerprint density at radius 3 is 3.07 bits per heavy atom. The minimum absolute atomic E-state index is 0.0374. The van der Waals surface area contributed by atoms with Crippen LogP contribution in [0, 0.1) is 6.92 Å². The van der Waals surface area contributed by atoms with Crippen molar-refractivity contribution in [3.63, 3.8) is 0 Å². The molecule has 0 bridgehead atoms. The SMILES string of the molecule is Cc1c(NC(=O)[C@@H]2CCCN2)cnn1C. The largest absolute Gasteiger partial charge is 0.322 e. The normalized spacial score (nSPS) is 20.5. The summed E-state index contributed by atoms with van der Waals surface area (Å²) in [7, 11) is 1.86. The average molecular weight is 208 g/mol. The van der Waals surface area contributed by atoms with E-state index < -0.39 is 0 Å². The number of carbonyl (C=O) groups excluding carboxylic acids is 1. The van der Waals surface area contributed by atoms with Crippen molar-refractivity contribution >= 4 is 11.6 Å². The summed E-state index contributed by atoms with van der Waals surface area (Å²) in [5.41, 5.74) is 1.78. The molecule has 1 saturated heterocycles. The van der Waals surface area contributed by atoms with Gasteiger partial charge in [0.15, 0.2) is 0 Å². The van der Waals surface area contributed by atoms with E-state index in [9.17, 15) is 4.79 Å². The van der Waals surface area contributed by atoms with Gasteiger partial charge in [-0.25, -0.2) is 0 Å². The van der Waals surface area contributed by atoms with E-state index in [1.54, 1.807) is 10.9 Å². The van der Waals surface area contributed by atoms with Crippen molar-refractivity contribution in [2.45, 2.75) is 25.8 Å². The first kappa shape index (κ1) is 10.2. The topological polar surface area (TPSA) is 59.0 Å². The van der Waals surface area contributed by atoms with Crippen molar-refractivity contribution in [2.24, 2.45) is 7.05 Å². The van der Waals surface area contributed by atoms with Crippen LogP contribution in [0.25, 0.3) is 0 Å². The van der Waals surface area contributed by atoms with Gasteiger partial charge in [0.1, 0.15) is 0 Å². The Morgan fingerprint density at radius 2 is 2.53 bits per heavy atom. The van der Waals surface area contributed by atoms with E-state index in [1.807, 2.05) is 14.0 Å². The van der Waals surface area contributed by atoms with Gasteiger partial charge in [0.25, 0.3) is 0 Å². The molecule has 1 aromatic heterocycles. The summed E-state index contributed by atoms with van der Waals surface area (Å²) < 4.78 is 1.75. The maximum Gasteiger partial charge on any atom is 0.241 e. The van der Waals surface area contributed by atoms with Gasteiger partial charge >= 0.3 is 0 Å². The number of amides is 1. The molecule has 82 valence electrons. The predicted molar refractivity (Wildman–Crippen MR) is 57.6 cm³/mol. The highest BCUT2D eigenvalue weighted by atomic mass is 16.2. The lowest BCUT2D eigenvalue weighted by Crippen LogP contribution is -2.35. The summed E-state index contributed by atoms with van der Waals surface area (Å²) in [4.78, 5) is 11.8. The summed E-state index contributed by atoms with van der Waals surface area (Å²) in [6.45, 7) is 2.87. The quantitative estimate of drug-likeness (QED) is 0.740. The summed E-state index contributed by atoms with van der Waals surface area (Å²) in [6, 6.07) is -0.0374. The minimum Gasteiger partial charge on any atom is -0.322 e. The second-order valence-corrected chi connectivity index (χ2v) is 3.91. The van der Waals surface area contributed by atoms with Crippen LogP contribution in [0.1, 0.15) is 18.5 Å². The van der Waals surface area contributed by atoms with Crippen LogP contribution in [-0.2, 0) is 11.8 Å². The van der Waals surface area contributed by atoms with Gasteiger partial charge < -0.3 is 10.6 Å². The lowest BCUT2D eigenvalue weighted by Gasteiger charge is -2.10. The van der Waals surface area contributed by atoms with E-state index in [4.69, 9.17) is 0 Å². The van der Waals surface area contributed by atoms with Crippen molar-refractivity contribution < 1.29 is 4.79 Å². The molecule has 1 fully saturated rings. The summed E-state index contributed by atoms with van der Waals surface area (Å²) in [6.07, 6.45) is 3.68. The number of anilines is 1. The van der Waals surface area contributed by atoms with Crippen LogP contribution in [0.5, 0.6) is 0 Å². The number of hydrogen-bond donors (Lipinski definition) is 2. The first-order valence-corrected chi connectivity index (χ1v) is 5.21. The Labute approximate surface area is 88.8 Å². The number of nitrogens with one attached hydrogen (secondary N) is 2. The van der Waals surface area contributed by atoms with Crippen LogP contribution in [-0.4, -0.2) is 28.3 Å². The third kappa shape index (κ3) is 2.02. The van der Waals surface area contributed by atoms with E-state index >= 15 is 0 Å². The van der Waals surface area contributed by atoms with Gasteiger partial charge in [0.05, 0.1) is 23.6 Å². The number of rotatable bonds is 2. The molecule has 0 aromatic carbocycles. The van der Waals surface area contributed by atoms with Gasteiger partial charge in [0.2, 0.25) is 5.91 Å². The van der Waals surface area contributed by atoms with Gasteiger partial charge in [-0.15, -0.1) is 0 Å². The van der Waals surface area contributed by atoms with Crippen LogP contribution in [0.15, 0.2) is 6.20 Å². The van der Waals surface area contributed by atoms with Crippen LogP contribution in [0.2, 0.25) is 0 Å². The zero-order valence-electron chi connectivity index (χ0n) is 9.08. The molecule has 2 N–H and O–H groups in total. The Kier molecular flexibility index (Phi) is 2.73. The monoisotopic (exact) mass is 208 g/mol. The minimum atomic E-state index is -0.0374. The van der Waals surface area contributed by atoms with Crippen LogP contribution in [0.3, 0.4) is 0 Å². The molecule has 5 heteroatoms. The molecule has 1 aliphatic rings. The molecule has 2 rings (SSSR count). The van der Waals surface area contributed by atoms with E-state index in [-0.39, 0.29) is 11.9 Å². The van der Waals surface area contributed by atoms with Gasteiger partial charge in [-0.1, -0.05) is 0 Å². The van der Waals surface area contributed by atoms with Crippen molar-refractivity contribution in [3.05, 3.63) is 11.9 Å². The Balaban J connectivity index is 2.02. The molecule has 2 heterocycles. The third-order valence-electron chi connectivity index (χ3n) is 2.87. The summed E-state index contributed by atoms with van der Waals surface area (Å²) >= 11 is 0. The molecular formula is C10H16N4O. The third-order valence-corrected chi connectivity index (χ3v) is 2.87. The van der Waals surface area contributed by atoms with Crippen molar-refractivity contribution in [3.8, 4) is 0 Å². The fraction of sp³-hybridized carbons (Fsp3) is 0.600. The second kappa shape index (κ2) is 4.02. The van der Waals surface area contributed by atoms with Gasteiger partial charge in [0, 0.05) is 7.05 Å². The molecule has 0 radical (unpaired) electrons. The van der Waals surface area contributed by atoms with Gasteiger partial charge in [-0.05, 0) is 26.3 Å². The average Bonchev–Trinajstić information content (AvgIpc) is 2.83. The highest BCUT2D eigenvalue weighted by molar-refractivity contribution is 5.95. The number of nitrogens with zero attached hydrogens (tertiary/aromatic N) is 2. The highest BCUT2D eigenvalue weighted by Gasteiger charge is 2.22. The number of carbonyl (C=O) groups is 1. The molecular weight excluding hydrogens is 192 g/mol. The molecule has 15 heavy (non-hydrogen) atoms. The van der Waals surface area contributed by atoms with E-state index in [1.165, 1.54) is 0 Å². The maximum atomic E-state index is 11.8. The summed E-state index contributed by atoms with van der Waals surface area (Å²) in [5.74, 6) is 0.0450. The van der Waals surface area contributed by atoms with Crippen LogP contribution >= 0.6 is 0 Å². The fourth-order valence-electron chi connectivity index (χ4n) is 1.75. The van der Waals surface area contributed by atoms with Crippen LogP contribution in [0.4, 0.5) is 5.69 Å². The first-order valence-electron chi connectivity index (χ1n) is 5.21. The van der Waals surface area contributed by atoms with Crippen molar-refractivity contribution in [1.82, 2.24) is 15.1 Å². The zero-order valence-corrected chi connectivity index (χ0v) is 9.08.